The van der Waals surface area contributed by atoms with E-state index in [1.807, 2.05) is 42.6 Å². The molecule has 1 heterocycles. The Bertz CT molecular complexity index is 922. The second-order valence-electron chi connectivity index (χ2n) is 5.99. The summed E-state index contributed by atoms with van der Waals surface area (Å²) in [6, 6.07) is 12.9. The Balaban J connectivity index is 1.75. The second-order valence-corrected chi connectivity index (χ2v) is 7.28. The molecule has 0 fully saturated rings. The lowest BCUT2D eigenvalue weighted by molar-refractivity contribution is 0.0784. The monoisotopic (exact) mass is 386 g/mol. The third kappa shape index (κ3) is 4.06. The lowest BCUT2D eigenvalue weighted by Gasteiger charge is -2.19. The highest BCUT2D eigenvalue weighted by Gasteiger charge is 2.15. The summed E-state index contributed by atoms with van der Waals surface area (Å²) >= 11 is 7.66. The number of carbonyl (C=O) groups is 1. The summed E-state index contributed by atoms with van der Waals surface area (Å²) < 4.78 is 5.35. The zero-order valence-electron chi connectivity index (χ0n) is 14.8. The molecule has 0 N–H and O–H groups in total. The number of nitrogens with zero attached hydrogens (tertiary/aromatic N) is 2. The fraction of sp³-hybridized carbons (Fsp3) is 0.200. The zero-order valence-corrected chi connectivity index (χ0v) is 16.4. The topological polar surface area (TPSA) is 42.4 Å². The fourth-order valence-corrected chi connectivity index (χ4v) is 3.66. The quantitative estimate of drug-likeness (QED) is 0.616. The molecule has 0 atom stereocenters. The van der Waals surface area contributed by atoms with Gasteiger partial charge in [0, 0.05) is 46.4 Å². The third-order valence-corrected chi connectivity index (χ3v) is 5.24. The first-order chi connectivity index (χ1) is 12.5. The highest BCUT2D eigenvalue weighted by atomic mass is 35.5. The molecule has 6 heteroatoms. The van der Waals surface area contributed by atoms with Crippen LogP contribution in [0, 0.1) is 6.92 Å². The van der Waals surface area contributed by atoms with Crippen molar-refractivity contribution >= 4 is 28.8 Å². The summed E-state index contributed by atoms with van der Waals surface area (Å²) in [6.07, 6.45) is 0. The molecule has 0 radical (unpaired) electrons. The van der Waals surface area contributed by atoms with Gasteiger partial charge >= 0.3 is 0 Å². The van der Waals surface area contributed by atoms with Gasteiger partial charge in [-0.05, 0) is 37.3 Å². The van der Waals surface area contributed by atoms with Gasteiger partial charge in [-0.1, -0.05) is 23.7 Å². The van der Waals surface area contributed by atoms with Gasteiger partial charge in [-0.2, -0.15) is 0 Å². The summed E-state index contributed by atoms with van der Waals surface area (Å²) in [4.78, 5) is 18.8. The largest absolute Gasteiger partial charge is 0.496 e. The average molecular weight is 387 g/mol. The van der Waals surface area contributed by atoms with Crippen LogP contribution in [0.2, 0.25) is 5.02 Å². The Morgan fingerprint density at radius 3 is 2.58 bits per heavy atom. The van der Waals surface area contributed by atoms with Gasteiger partial charge in [0.15, 0.2) is 0 Å². The van der Waals surface area contributed by atoms with E-state index in [0.717, 1.165) is 21.8 Å². The van der Waals surface area contributed by atoms with Gasteiger partial charge < -0.3 is 9.64 Å². The fourth-order valence-electron chi connectivity index (χ4n) is 2.66. The summed E-state index contributed by atoms with van der Waals surface area (Å²) in [6.45, 7) is 2.38. The SMILES string of the molecule is COc1ccc(Cl)cc1CN(C)C(=O)c1ccc(-c2nc(C)cs2)cc1. The minimum absolute atomic E-state index is 0.0612. The molecule has 0 aliphatic rings. The van der Waals surface area contributed by atoms with Gasteiger partial charge in [0.1, 0.15) is 10.8 Å². The zero-order chi connectivity index (χ0) is 18.7. The first-order valence-corrected chi connectivity index (χ1v) is 9.34. The molecule has 0 aliphatic carbocycles. The molecule has 0 saturated carbocycles. The van der Waals surface area contributed by atoms with E-state index in [0.29, 0.717) is 22.9 Å². The van der Waals surface area contributed by atoms with E-state index in [1.54, 1.807) is 42.5 Å². The lowest BCUT2D eigenvalue weighted by atomic mass is 10.1. The van der Waals surface area contributed by atoms with Crippen LogP contribution in [0.25, 0.3) is 10.6 Å². The molecule has 0 aliphatic heterocycles. The van der Waals surface area contributed by atoms with Crippen molar-refractivity contribution in [1.29, 1.82) is 0 Å². The second kappa shape index (κ2) is 7.89. The molecular weight excluding hydrogens is 368 g/mol. The Kier molecular flexibility index (Phi) is 5.59. The van der Waals surface area contributed by atoms with E-state index in [2.05, 4.69) is 4.98 Å². The van der Waals surface area contributed by atoms with Gasteiger partial charge in [-0.15, -0.1) is 11.3 Å². The van der Waals surface area contributed by atoms with Crippen molar-refractivity contribution in [1.82, 2.24) is 9.88 Å². The van der Waals surface area contributed by atoms with Crippen molar-refractivity contribution in [3.8, 4) is 16.3 Å². The van der Waals surface area contributed by atoms with Crippen molar-refractivity contribution in [2.45, 2.75) is 13.5 Å². The van der Waals surface area contributed by atoms with Crippen LogP contribution in [0.15, 0.2) is 47.8 Å². The maximum Gasteiger partial charge on any atom is 0.253 e. The van der Waals surface area contributed by atoms with E-state index in [1.165, 1.54) is 0 Å². The number of aryl methyl sites for hydroxylation is 1. The van der Waals surface area contributed by atoms with Gasteiger partial charge in [0.2, 0.25) is 0 Å². The molecule has 0 spiro atoms. The van der Waals surface area contributed by atoms with Crippen LogP contribution in [0.5, 0.6) is 5.75 Å². The van der Waals surface area contributed by atoms with Crippen LogP contribution in [0.4, 0.5) is 0 Å². The number of hydrogen-bond donors (Lipinski definition) is 0. The molecule has 1 amide bonds. The summed E-state index contributed by atoms with van der Waals surface area (Å²) in [7, 11) is 3.37. The molecule has 0 saturated heterocycles. The third-order valence-electron chi connectivity index (χ3n) is 3.99. The molecule has 1 aromatic heterocycles. The van der Waals surface area contributed by atoms with Gasteiger partial charge in [-0.3, -0.25) is 4.79 Å². The van der Waals surface area contributed by atoms with Gasteiger partial charge in [-0.25, -0.2) is 4.98 Å². The van der Waals surface area contributed by atoms with Crippen molar-refractivity contribution in [2.24, 2.45) is 0 Å². The van der Waals surface area contributed by atoms with Crippen molar-refractivity contribution in [2.75, 3.05) is 14.2 Å². The average Bonchev–Trinajstić information content (AvgIpc) is 3.08. The standard InChI is InChI=1S/C20H19ClN2O2S/c1-13-12-26-19(22-13)14-4-6-15(7-5-14)20(24)23(2)11-16-10-17(21)8-9-18(16)25-3/h4-10,12H,11H2,1-3H3. The number of amides is 1. The van der Waals surface area contributed by atoms with Crippen LogP contribution in [-0.4, -0.2) is 29.9 Å². The number of hydrogen-bond acceptors (Lipinski definition) is 4. The van der Waals surface area contributed by atoms with Crippen molar-refractivity contribution in [3.05, 3.63) is 69.7 Å². The van der Waals surface area contributed by atoms with Crippen LogP contribution < -0.4 is 4.74 Å². The predicted octanol–water partition coefficient (Wildman–Crippen LogP) is 5.05. The lowest BCUT2D eigenvalue weighted by Crippen LogP contribution is -2.26. The summed E-state index contributed by atoms with van der Waals surface area (Å²) in [5, 5.41) is 3.59. The number of rotatable bonds is 5. The number of ether oxygens (including phenoxy) is 1. The molecular formula is C20H19ClN2O2S. The molecule has 134 valence electrons. The van der Waals surface area contributed by atoms with Gasteiger partial charge in [0.25, 0.3) is 5.91 Å². The van der Waals surface area contributed by atoms with Crippen LogP contribution in [0.1, 0.15) is 21.6 Å². The molecule has 2 aromatic carbocycles. The highest BCUT2D eigenvalue weighted by molar-refractivity contribution is 7.13. The first kappa shape index (κ1) is 18.4. The van der Waals surface area contributed by atoms with E-state index in [9.17, 15) is 4.79 Å². The Labute approximate surface area is 162 Å². The molecule has 3 aromatic rings. The maximum absolute atomic E-state index is 12.7. The molecule has 3 rings (SSSR count). The van der Waals surface area contributed by atoms with E-state index in [-0.39, 0.29) is 5.91 Å². The molecule has 0 unspecified atom stereocenters. The number of methoxy groups -OCH3 is 1. The number of halogens is 1. The Hall–Kier alpha value is -2.37. The highest BCUT2D eigenvalue weighted by Crippen LogP contribution is 2.26. The first-order valence-electron chi connectivity index (χ1n) is 8.08. The summed E-state index contributed by atoms with van der Waals surface area (Å²) in [5.41, 5.74) is 3.51. The predicted molar refractivity (Wildman–Crippen MR) is 106 cm³/mol. The Morgan fingerprint density at radius 2 is 1.96 bits per heavy atom. The maximum atomic E-state index is 12.7. The molecule has 4 nitrogen and oxygen atoms in total. The van der Waals surface area contributed by atoms with Crippen LogP contribution in [0.3, 0.4) is 0 Å². The smallest absolute Gasteiger partial charge is 0.253 e. The molecule has 26 heavy (non-hydrogen) atoms. The van der Waals surface area contributed by atoms with Crippen LogP contribution >= 0.6 is 22.9 Å². The van der Waals surface area contributed by atoms with E-state index < -0.39 is 0 Å². The number of thiazole rings is 1. The normalized spacial score (nSPS) is 10.6. The van der Waals surface area contributed by atoms with Crippen molar-refractivity contribution < 1.29 is 9.53 Å². The van der Waals surface area contributed by atoms with E-state index >= 15 is 0 Å². The van der Waals surface area contributed by atoms with Gasteiger partial charge in [0.05, 0.1) is 7.11 Å². The Morgan fingerprint density at radius 1 is 1.23 bits per heavy atom. The number of carbonyl (C=O) groups excluding carboxylic acids is 1. The number of aromatic nitrogens is 1. The minimum Gasteiger partial charge on any atom is -0.496 e. The molecule has 0 bridgehead atoms. The van der Waals surface area contributed by atoms with Crippen LogP contribution in [-0.2, 0) is 6.54 Å². The minimum atomic E-state index is -0.0612. The van der Waals surface area contributed by atoms with Crippen molar-refractivity contribution in [3.63, 3.8) is 0 Å². The van der Waals surface area contributed by atoms with E-state index in [4.69, 9.17) is 16.3 Å². The number of benzene rings is 2. The summed E-state index contributed by atoms with van der Waals surface area (Å²) in [5.74, 6) is 0.650.